The second-order valence-electron chi connectivity index (χ2n) is 6.19. The molecule has 0 saturated heterocycles. The summed E-state index contributed by atoms with van der Waals surface area (Å²) in [6, 6.07) is 14.7. The maximum Gasteiger partial charge on any atom is 0.442 e. The number of amides is 1. The van der Waals surface area contributed by atoms with E-state index in [0.29, 0.717) is 22.9 Å². The first kappa shape index (κ1) is 19.8. The molecule has 28 heavy (non-hydrogen) atoms. The molecular weight excluding hydrogens is 378 g/mol. The van der Waals surface area contributed by atoms with Gasteiger partial charge in [0, 0.05) is 17.8 Å². The van der Waals surface area contributed by atoms with Crippen LogP contribution in [0.2, 0.25) is 0 Å². The van der Waals surface area contributed by atoms with Crippen LogP contribution in [-0.4, -0.2) is 23.5 Å². The van der Waals surface area contributed by atoms with Crippen LogP contribution in [0.1, 0.15) is 18.9 Å². The largest absolute Gasteiger partial charge is 0.497 e. The van der Waals surface area contributed by atoms with Crippen LogP contribution in [0, 0.1) is 6.92 Å². The van der Waals surface area contributed by atoms with E-state index in [0.717, 1.165) is 11.3 Å². The van der Waals surface area contributed by atoms with E-state index in [2.05, 4.69) is 10.6 Å². The van der Waals surface area contributed by atoms with Gasteiger partial charge in [-0.25, -0.2) is 4.79 Å². The van der Waals surface area contributed by atoms with E-state index in [1.165, 1.54) is 16.4 Å². The van der Waals surface area contributed by atoms with E-state index in [1.54, 1.807) is 31.4 Å². The van der Waals surface area contributed by atoms with Crippen molar-refractivity contribution in [2.45, 2.75) is 30.5 Å². The molecular formula is C20H22N3O4S+. The van der Waals surface area contributed by atoms with Gasteiger partial charge in [0.05, 0.1) is 12.4 Å². The van der Waals surface area contributed by atoms with Crippen molar-refractivity contribution in [1.29, 1.82) is 0 Å². The van der Waals surface area contributed by atoms with Crippen LogP contribution in [0.3, 0.4) is 0 Å². The lowest BCUT2D eigenvalue weighted by molar-refractivity contribution is -0.704. The number of anilines is 1. The van der Waals surface area contributed by atoms with Crippen LogP contribution in [-0.2, 0) is 4.79 Å². The molecule has 0 aliphatic rings. The third-order valence-electron chi connectivity index (χ3n) is 4.14. The number of aryl methyl sites for hydroxylation is 1. The average molecular weight is 400 g/mol. The Bertz CT molecular complexity index is 1010. The third kappa shape index (κ3) is 4.45. The zero-order valence-electron chi connectivity index (χ0n) is 15.9. The van der Waals surface area contributed by atoms with Gasteiger partial charge >= 0.3 is 10.7 Å². The fourth-order valence-corrected chi connectivity index (χ4v) is 3.66. The number of nitrogens with zero attached hydrogens (tertiary/aromatic N) is 1. The van der Waals surface area contributed by atoms with E-state index in [1.807, 2.05) is 38.1 Å². The molecule has 0 fully saturated rings. The van der Waals surface area contributed by atoms with Crippen molar-refractivity contribution < 1.29 is 18.7 Å². The number of rotatable bonds is 7. The van der Waals surface area contributed by atoms with Gasteiger partial charge < -0.3 is 10.1 Å². The van der Waals surface area contributed by atoms with Crippen molar-refractivity contribution in [2.75, 3.05) is 12.4 Å². The van der Waals surface area contributed by atoms with Crippen LogP contribution in [0.15, 0.2) is 62.9 Å². The summed E-state index contributed by atoms with van der Waals surface area (Å²) in [6.45, 7) is 3.87. The summed E-state index contributed by atoms with van der Waals surface area (Å²) in [5.74, 6) is 0.536. The summed E-state index contributed by atoms with van der Waals surface area (Å²) in [7, 11) is 1.59. The van der Waals surface area contributed by atoms with E-state index < -0.39 is 10.9 Å². The summed E-state index contributed by atoms with van der Waals surface area (Å²) in [6.07, 6.45) is 0.551. The Balaban J connectivity index is 1.81. The average Bonchev–Trinajstić information content (AvgIpc) is 3.06. The highest BCUT2D eigenvalue weighted by molar-refractivity contribution is 8.00. The van der Waals surface area contributed by atoms with Crippen molar-refractivity contribution >= 4 is 23.4 Å². The van der Waals surface area contributed by atoms with E-state index in [4.69, 9.17) is 9.26 Å². The van der Waals surface area contributed by atoms with Gasteiger partial charge in [0.15, 0.2) is 0 Å². The van der Waals surface area contributed by atoms with Gasteiger partial charge in [0.1, 0.15) is 5.75 Å². The van der Waals surface area contributed by atoms with Crippen LogP contribution in [0.4, 0.5) is 5.69 Å². The standard InChI is InChI=1S/C20H21N3O4S/c1-4-17(18(24)21-14-7-5-6-13(2)12-14)28-19-20(25)27-22-23(19)15-8-10-16(26-3)11-9-15/h5-12,17H,4H2,1-3H3,(H-,21,22,24,25)/p+1. The molecule has 0 saturated carbocycles. The number of hydrogen-bond acceptors (Lipinski definition) is 5. The molecule has 0 aliphatic heterocycles. The van der Waals surface area contributed by atoms with Crippen molar-refractivity contribution in [3.63, 3.8) is 0 Å². The molecule has 8 heteroatoms. The number of hydrogen-bond donors (Lipinski definition) is 2. The van der Waals surface area contributed by atoms with Gasteiger partial charge in [-0.3, -0.25) is 9.32 Å². The van der Waals surface area contributed by atoms with Gasteiger partial charge in [0.25, 0.3) is 0 Å². The number of ether oxygens (including phenoxy) is 1. The Morgan fingerprint density at radius 3 is 2.68 bits per heavy atom. The molecule has 146 valence electrons. The van der Waals surface area contributed by atoms with Crippen LogP contribution < -0.4 is 20.4 Å². The molecule has 1 amide bonds. The highest BCUT2D eigenvalue weighted by Crippen LogP contribution is 2.23. The maximum absolute atomic E-state index is 12.7. The Hall–Kier alpha value is -3.00. The minimum atomic E-state index is -0.525. The molecule has 2 N–H and O–H groups in total. The number of carbonyl (C=O) groups is 1. The van der Waals surface area contributed by atoms with Gasteiger partial charge in [-0.1, -0.05) is 19.1 Å². The maximum atomic E-state index is 12.7. The zero-order chi connectivity index (χ0) is 20.1. The summed E-state index contributed by atoms with van der Waals surface area (Å²) >= 11 is 1.17. The fraction of sp³-hybridized carbons (Fsp3) is 0.250. The van der Waals surface area contributed by atoms with E-state index >= 15 is 0 Å². The second-order valence-corrected chi connectivity index (χ2v) is 7.38. The van der Waals surface area contributed by atoms with Crippen molar-refractivity contribution in [1.82, 2.24) is 5.27 Å². The molecule has 0 aliphatic carbocycles. The number of thioether (sulfide) groups is 1. The highest BCUT2D eigenvalue weighted by Gasteiger charge is 2.30. The summed E-state index contributed by atoms with van der Waals surface area (Å²) in [5.41, 5.74) is 1.96. The minimum absolute atomic E-state index is 0.167. The lowest BCUT2D eigenvalue weighted by Crippen LogP contribution is -2.37. The number of nitrogens with one attached hydrogen (secondary N) is 2. The van der Waals surface area contributed by atoms with E-state index in [9.17, 15) is 9.59 Å². The molecule has 0 spiro atoms. The predicted molar refractivity (Wildman–Crippen MR) is 107 cm³/mol. The first-order valence-corrected chi connectivity index (χ1v) is 9.72. The number of aromatic nitrogens is 2. The number of aromatic amines is 1. The number of H-pyrrole nitrogens is 1. The predicted octanol–water partition coefficient (Wildman–Crippen LogP) is 3.07. The van der Waals surface area contributed by atoms with Crippen LogP contribution >= 0.6 is 11.8 Å². The fourth-order valence-electron chi connectivity index (χ4n) is 2.67. The monoisotopic (exact) mass is 400 g/mol. The topological polar surface area (TPSA) is 88.2 Å². The molecule has 0 radical (unpaired) electrons. The second kappa shape index (κ2) is 8.79. The molecule has 1 aromatic heterocycles. The third-order valence-corrected chi connectivity index (χ3v) is 5.55. The van der Waals surface area contributed by atoms with Crippen LogP contribution in [0.25, 0.3) is 5.69 Å². The molecule has 1 unspecified atom stereocenters. The first-order valence-electron chi connectivity index (χ1n) is 8.84. The summed E-state index contributed by atoms with van der Waals surface area (Å²) in [5, 5.41) is 5.35. The highest BCUT2D eigenvalue weighted by atomic mass is 32.2. The lowest BCUT2D eigenvalue weighted by atomic mass is 10.2. The summed E-state index contributed by atoms with van der Waals surface area (Å²) in [4.78, 5) is 24.9. The molecule has 3 rings (SSSR count). The van der Waals surface area contributed by atoms with Crippen molar-refractivity contribution in [3.8, 4) is 11.4 Å². The van der Waals surface area contributed by atoms with Gasteiger partial charge in [-0.2, -0.15) is 0 Å². The normalized spacial score (nSPS) is 11.8. The number of benzene rings is 2. The Morgan fingerprint density at radius 2 is 2.04 bits per heavy atom. The van der Waals surface area contributed by atoms with Crippen molar-refractivity contribution in [3.05, 3.63) is 64.5 Å². The van der Waals surface area contributed by atoms with Crippen LogP contribution in [0.5, 0.6) is 5.75 Å². The molecule has 1 heterocycles. The van der Waals surface area contributed by atoms with Crippen molar-refractivity contribution in [2.24, 2.45) is 0 Å². The molecule has 3 aromatic rings. The van der Waals surface area contributed by atoms with Gasteiger partial charge in [0.2, 0.25) is 11.6 Å². The molecule has 0 bridgehead atoms. The Kier molecular flexibility index (Phi) is 6.20. The zero-order valence-corrected chi connectivity index (χ0v) is 16.7. The smallest absolute Gasteiger partial charge is 0.442 e. The first-order chi connectivity index (χ1) is 13.5. The number of carbonyl (C=O) groups excluding carboxylic acids is 1. The van der Waals surface area contributed by atoms with E-state index in [-0.39, 0.29) is 5.91 Å². The minimum Gasteiger partial charge on any atom is -0.497 e. The quantitative estimate of drug-likeness (QED) is 0.470. The number of methoxy groups -OCH3 is 1. The Labute approximate surface area is 166 Å². The summed E-state index contributed by atoms with van der Waals surface area (Å²) < 4.78 is 11.6. The lowest BCUT2D eigenvalue weighted by Gasteiger charge is -2.12. The molecule has 2 aromatic carbocycles. The van der Waals surface area contributed by atoms with Gasteiger partial charge in [-0.05, 0) is 64.9 Å². The SMILES string of the molecule is CCC(Sc1c(=O)o[nH][n+]1-c1ccc(OC)cc1)C(=O)Nc1cccc(C)c1. The van der Waals surface area contributed by atoms with Gasteiger partial charge in [-0.15, -0.1) is 0 Å². The molecule has 1 atom stereocenters. The Morgan fingerprint density at radius 1 is 1.29 bits per heavy atom. The molecule has 7 nitrogen and oxygen atoms in total.